The van der Waals surface area contributed by atoms with Crippen molar-refractivity contribution in [2.24, 2.45) is 11.8 Å². The fourth-order valence-electron chi connectivity index (χ4n) is 7.10. The highest BCUT2D eigenvalue weighted by atomic mass is 16.5. The third-order valence-corrected chi connectivity index (χ3v) is 10.3. The highest BCUT2D eigenvalue weighted by Crippen LogP contribution is 2.34. The molecule has 6 rings (SSSR count). The zero-order valence-electron chi connectivity index (χ0n) is 32.5. The summed E-state index contributed by atoms with van der Waals surface area (Å²) < 4.78 is 4.75. The largest absolute Gasteiger partial charge is 0.453 e. The Morgan fingerprint density at radius 2 is 1.27 bits per heavy atom. The number of aromatic amines is 2. The maximum Gasteiger partial charge on any atom is 0.407 e. The van der Waals surface area contributed by atoms with E-state index < -0.39 is 18.2 Å². The zero-order chi connectivity index (χ0) is 39.4. The first kappa shape index (κ1) is 38.8. The predicted octanol–water partition coefficient (Wildman–Crippen LogP) is 5.91. The molecule has 2 aliphatic rings. The van der Waals surface area contributed by atoms with Crippen molar-refractivity contribution in [2.45, 2.75) is 64.7 Å². The van der Waals surface area contributed by atoms with Crippen LogP contribution < -0.4 is 10.6 Å². The van der Waals surface area contributed by atoms with Crippen LogP contribution in [0, 0.1) is 11.8 Å². The van der Waals surface area contributed by atoms with Gasteiger partial charge in [0.05, 0.1) is 36.9 Å². The summed E-state index contributed by atoms with van der Waals surface area (Å²) in [6.45, 7) is 8.67. The molecule has 0 spiro atoms. The molecule has 1 saturated heterocycles. The van der Waals surface area contributed by atoms with Gasteiger partial charge < -0.3 is 40.0 Å². The molecule has 290 valence electrons. The molecule has 4 N–H and O–H groups in total. The van der Waals surface area contributed by atoms with Gasteiger partial charge in [-0.25, -0.2) is 19.6 Å². The molecule has 0 aliphatic carbocycles. The molecule has 0 bridgehead atoms. The van der Waals surface area contributed by atoms with Crippen molar-refractivity contribution in [1.82, 2.24) is 45.3 Å². The van der Waals surface area contributed by atoms with Crippen LogP contribution in [-0.2, 0) is 14.3 Å². The van der Waals surface area contributed by atoms with Gasteiger partial charge in [-0.3, -0.25) is 9.59 Å². The lowest BCUT2D eigenvalue weighted by Crippen LogP contribution is -2.53. The highest BCUT2D eigenvalue weighted by molar-refractivity contribution is 5.88. The Morgan fingerprint density at radius 1 is 0.764 bits per heavy atom. The van der Waals surface area contributed by atoms with Crippen LogP contribution in [0.1, 0.15) is 64.3 Å². The Balaban J connectivity index is 1.11. The molecule has 2 unspecified atom stereocenters. The second-order valence-corrected chi connectivity index (χ2v) is 15.0. The number of carbonyl (C=O) groups excluding carboxylic acids is 4. The molecule has 14 nitrogen and oxygen atoms in total. The standard InChI is InChI=1S/C41H51N9O5/c1-24(2)34(46-40(53)48(5)6)38(51)49-20-8-10-32(49)36-42-22-30(44-36)28-16-12-26(13-17-28)27-14-18-29(19-15-27)31-23-43-37(45-31)33-11-9-21-50(33)39(52)35(25(3)4)47-41(54)55-7/h8,10,12-19,22-25,32-35H,9,11,20-21H2,1-7H3,(H,42,44)(H,43,45)(H,46,53)(H,47,54)/t32?,33?,34-,35-/m0/s1. The van der Waals surface area contributed by atoms with E-state index in [4.69, 9.17) is 4.74 Å². The Morgan fingerprint density at radius 3 is 1.82 bits per heavy atom. The molecule has 2 aromatic heterocycles. The number of imidazole rings is 2. The van der Waals surface area contributed by atoms with E-state index in [9.17, 15) is 19.2 Å². The van der Waals surface area contributed by atoms with Crippen LogP contribution in [0.2, 0.25) is 0 Å². The number of methoxy groups -OCH3 is 1. The topological polar surface area (TPSA) is 169 Å². The minimum Gasteiger partial charge on any atom is -0.453 e. The summed E-state index contributed by atoms with van der Waals surface area (Å²) in [5, 5.41) is 5.55. The highest BCUT2D eigenvalue weighted by Gasteiger charge is 2.38. The number of hydrogen-bond donors (Lipinski definition) is 4. The van der Waals surface area contributed by atoms with Gasteiger partial charge in [0.25, 0.3) is 0 Å². The van der Waals surface area contributed by atoms with Crippen molar-refractivity contribution in [3.8, 4) is 33.6 Å². The fraction of sp³-hybridized carbons (Fsp3) is 0.415. The summed E-state index contributed by atoms with van der Waals surface area (Å²) in [6.07, 6.45) is 8.49. The maximum absolute atomic E-state index is 13.6. The van der Waals surface area contributed by atoms with Gasteiger partial charge >= 0.3 is 12.1 Å². The molecule has 55 heavy (non-hydrogen) atoms. The summed E-state index contributed by atoms with van der Waals surface area (Å²) in [7, 11) is 4.59. The van der Waals surface area contributed by atoms with E-state index in [1.165, 1.54) is 12.0 Å². The van der Waals surface area contributed by atoms with E-state index in [1.807, 2.05) is 64.1 Å². The van der Waals surface area contributed by atoms with Crippen molar-refractivity contribution in [3.05, 3.63) is 84.7 Å². The van der Waals surface area contributed by atoms with Crippen molar-refractivity contribution in [1.29, 1.82) is 0 Å². The van der Waals surface area contributed by atoms with E-state index in [1.54, 1.807) is 36.3 Å². The summed E-state index contributed by atoms with van der Waals surface area (Å²) in [5.74, 6) is 0.887. The molecule has 2 aliphatic heterocycles. The number of alkyl carbamates (subject to hydrolysis) is 1. The molecule has 0 radical (unpaired) electrons. The summed E-state index contributed by atoms with van der Waals surface area (Å²) in [6, 6.07) is 14.2. The monoisotopic (exact) mass is 749 g/mol. The number of nitrogens with one attached hydrogen (secondary N) is 4. The number of amides is 5. The third-order valence-electron chi connectivity index (χ3n) is 10.3. The lowest BCUT2D eigenvalue weighted by atomic mass is 10.0. The summed E-state index contributed by atoms with van der Waals surface area (Å²) in [4.78, 5) is 72.6. The molecular formula is C41H51N9O5. The number of aromatic nitrogens is 4. The molecule has 4 heterocycles. The van der Waals surface area contributed by atoms with Crippen LogP contribution in [0.5, 0.6) is 0 Å². The average Bonchev–Trinajstić information content (AvgIpc) is 4.02. The SMILES string of the molecule is COC(=O)N[C@H](C(=O)N1CCCC1c1ncc(-c2ccc(-c3ccc(-c4cnc(C5C=CCN5C(=O)[C@@H](NC(=O)N(C)C)C(C)C)[nH]4)cc3)cc2)[nH]1)C(C)C. The molecular weight excluding hydrogens is 699 g/mol. The Kier molecular flexibility index (Phi) is 11.7. The number of likely N-dealkylation sites (tertiary alicyclic amines) is 1. The molecule has 4 aromatic rings. The average molecular weight is 750 g/mol. The van der Waals surface area contributed by atoms with Gasteiger partial charge in [-0.05, 0) is 46.9 Å². The Bertz CT molecular complexity index is 2020. The van der Waals surface area contributed by atoms with Crippen LogP contribution >= 0.6 is 0 Å². The van der Waals surface area contributed by atoms with Crippen molar-refractivity contribution < 1.29 is 23.9 Å². The van der Waals surface area contributed by atoms with Gasteiger partial charge in [0.1, 0.15) is 29.8 Å². The van der Waals surface area contributed by atoms with Gasteiger partial charge in [0.15, 0.2) is 0 Å². The number of urea groups is 1. The van der Waals surface area contributed by atoms with Gasteiger partial charge in [-0.15, -0.1) is 0 Å². The summed E-state index contributed by atoms with van der Waals surface area (Å²) >= 11 is 0. The molecule has 5 amide bonds. The number of carbonyl (C=O) groups is 4. The van der Waals surface area contributed by atoms with Gasteiger partial charge in [0.2, 0.25) is 11.8 Å². The minimum atomic E-state index is -0.688. The van der Waals surface area contributed by atoms with Gasteiger partial charge in [0, 0.05) is 27.2 Å². The maximum atomic E-state index is 13.6. The van der Waals surface area contributed by atoms with Crippen LogP contribution in [0.15, 0.2) is 73.1 Å². The molecule has 0 saturated carbocycles. The van der Waals surface area contributed by atoms with E-state index >= 15 is 0 Å². The zero-order valence-corrected chi connectivity index (χ0v) is 32.5. The third kappa shape index (κ3) is 8.43. The minimum absolute atomic E-state index is 0.0904. The molecule has 14 heteroatoms. The van der Waals surface area contributed by atoms with E-state index in [2.05, 4.69) is 54.8 Å². The fourth-order valence-corrected chi connectivity index (χ4v) is 7.10. The number of rotatable bonds is 11. The smallest absolute Gasteiger partial charge is 0.407 e. The second kappa shape index (κ2) is 16.6. The van der Waals surface area contributed by atoms with E-state index in [0.29, 0.717) is 18.9 Å². The first-order chi connectivity index (χ1) is 26.4. The van der Waals surface area contributed by atoms with Gasteiger partial charge in [-0.1, -0.05) is 88.4 Å². The van der Waals surface area contributed by atoms with Crippen LogP contribution in [-0.4, -0.2) is 105 Å². The first-order valence-corrected chi connectivity index (χ1v) is 18.8. The summed E-state index contributed by atoms with van der Waals surface area (Å²) in [5.41, 5.74) is 5.73. The second-order valence-electron chi connectivity index (χ2n) is 15.0. The van der Waals surface area contributed by atoms with Crippen molar-refractivity contribution >= 4 is 23.9 Å². The lowest BCUT2D eigenvalue weighted by Gasteiger charge is -2.31. The van der Waals surface area contributed by atoms with E-state index in [-0.39, 0.29) is 41.8 Å². The molecule has 2 aromatic carbocycles. The molecule has 1 fully saturated rings. The molecule has 4 atom stereocenters. The quantitative estimate of drug-likeness (QED) is 0.138. The number of hydrogen-bond acceptors (Lipinski definition) is 7. The number of H-pyrrole nitrogens is 2. The number of nitrogens with zero attached hydrogens (tertiary/aromatic N) is 5. The van der Waals surface area contributed by atoms with Gasteiger partial charge in [-0.2, -0.15) is 0 Å². The van der Waals surface area contributed by atoms with Crippen LogP contribution in [0.4, 0.5) is 9.59 Å². The number of benzene rings is 2. The van der Waals surface area contributed by atoms with Crippen LogP contribution in [0.25, 0.3) is 33.6 Å². The van der Waals surface area contributed by atoms with Crippen LogP contribution in [0.3, 0.4) is 0 Å². The van der Waals surface area contributed by atoms with Crippen molar-refractivity contribution in [2.75, 3.05) is 34.3 Å². The lowest BCUT2D eigenvalue weighted by molar-refractivity contribution is -0.136. The predicted molar refractivity (Wildman–Crippen MR) is 209 cm³/mol. The normalized spacial score (nSPS) is 17.8. The first-order valence-electron chi connectivity index (χ1n) is 18.8. The Hall–Kier alpha value is -5.92. The van der Waals surface area contributed by atoms with Crippen molar-refractivity contribution in [3.63, 3.8) is 0 Å². The Labute approximate surface area is 321 Å². The number of ether oxygens (including phenoxy) is 1. The van der Waals surface area contributed by atoms with E-state index in [0.717, 1.165) is 52.3 Å².